The van der Waals surface area contributed by atoms with Crippen LogP contribution in [0.1, 0.15) is 25.7 Å². The van der Waals surface area contributed by atoms with Crippen molar-refractivity contribution in [2.45, 2.75) is 31.7 Å². The summed E-state index contributed by atoms with van der Waals surface area (Å²) in [6.07, 6.45) is 3.41. The van der Waals surface area contributed by atoms with E-state index in [9.17, 15) is 0 Å². The molecule has 0 radical (unpaired) electrons. The van der Waals surface area contributed by atoms with Crippen molar-refractivity contribution in [2.24, 2.45) is 0 Å². The highest BCUT2D eigenvalue weighted by Crippen LogP contribution is 2.20. The van der Waals surface area contributed by atoms with Crippen LogP contribution in [0.2, 0.25) is 0 Å². The number of nitriles is 1. The number of benzene rings is 1. The molecule has 102 valence electrons. The molecular formula is C15H20N2O2. The van der Waals surface area contributed by atoms with Gasteiger partial charge in [-0.2, -0.15) is 5.26 Å². The van der Waals surface area contributed by atoms with Crippen molar-refractivity contribution in [1.29, 1.82) is 5.26 Å². The van der Waals surface area contributed by atoms with Crippen molar-refractivity contribution in [1.82, 2.24) is 0 Å². The van der Waals surface area contributed by atoms with Crippen LogP contribution >= 0.6 is 0 Å². The van der Waals surface area contributed by atoms with Crippen LogP contribution in [0.5, 0.6) is 5.75 Å². The Kier molecular flexibility index (Phi) is 5.51. The molecule has 1 aliphatic rings. The van der Waals surface area contributed by atoms with Gasteiger partial charge in [0.05, 0.1) is 12.7 Å². The van der Waals surface area contributed by atoms with Crippen molar-refractivity contribution in [3.05, 3.63) is 24.3 Å². The first-order valence-corrected chi connectivity index (χ1v) is 6.82. The lowest BCUT2D eigenvalue weighted by Crippen LogP contribution is -2.27. The molecule has 0 unspecified atom stereocenters. The third kappa shape index (κ3) is 4.80. The molecule has 1 aromatic rings. The van der Waals surface area contributed by atoms with E-state index in [-0.39, 0.29) is 0 Å². The van der Waals surface area contributed by atoms with Crippen molar-refractivity contribution < 1.29 is 9.47 Å². The maximum absolute atomic E-state index is 8.46. The number of hydrogen-bond donors (Lipinski definition) is 1. The van der Waals surface area contributed by atoms with Crippen LogP contribution in [0.4, 0.5) is 5.69 Å². The Hall–Kier alpha value is -1.73. The number of nitrogens with zero attached hydrogens (tertiary/aromatic N) is 1. The average Bonchev–Trinajstić information content (AvgIpc) is 2.45. The van der Waals surface area contributed by atoms with Gasteiger partial charge in [-0.1, -0.05) is 6.07 Å². The molecule has 1 aliphatic heterocycles. The number of hydrogen-bond acceptors (Lipinski definition) is 4. The van der Waals surface area contributed by atoms with Gasteiger partial charge in [0, 0.05) is 37.4 Å². The number of nitrogens with one attached hydrogen (secondary N) is 1. The lowest BCUT2D eigenvalue weighted by atomic mass is 10.1. The molecule has 4 nitrogen and oxygen atoms in total. The molecule has 4 heteroatoms. The summed E-state index contributed by atoms with van der Waals surface area (Å²) in [5.41, 5.74) is 1.09. The van der Waals surface area contributed by atoms with Gasteiger partial charge in [-0.05, 0) is 31.4 Å². The molecule has 1 fully saturated rings. The smallest absolute Gasteiger partial charge is 0.121 e. The highest BCUT2D eigenvalue weighted by atomic mass is 16.5. The first kappa shape index (κ1) is 13.7. The molecule has 0 spiro atoms. The highest BCUT2D eigenvalue weighted by Gasteiger charge is 2.13. The van der Waals surface area contributed by atoms with Crippen LogP contribution in [0.3, 0.4) is 0 Å². The predicted molar refractivity (Wildman–Crippen MR) is 74.2 cm³/mol. The third-order valence-electron chi connectivity index (χ3n) is 3.13. The van der Waals surface area contributed by atoms with E-state index < -0.39 is 0 Å². The molecule has 0 aromatic heterocycles. The summed E-state index contributed by atoms with van der Waals surface area (Å²) in [6, 6.07) is 10.6. The second-order valence-electron chi connectivity index (χ2n) is 4.67. The Morgan fingerprint density at radius 3 is 3.00 bits per heavy atom. The van der Waals surface area contributed by atoms with Gasteiger partial charge in [-0.3, -0.25) is 0 Å². The molecule has 0 saturated carbocycles. The first-order valence-electron chi connectivity index (χ1n) is 6.82. The van der Waals surface area contributed by atoms with Gasteiger partial charge in [-0.15, -0.1) is 0 Å². The summed E-state index contributed by atoms with van der Waals surface area (Å²) in [5, 5.41) is 12.0. The normalized spacial score (nSPS) is 15.7. The summed E-state index contributed by atoms with van der Waals surface area (Å²) in [6.45, 7) is 2.26. The highest BCUT2D eigenvalue weighted by molar-refractivity contribution is 5.48. The number of rotatable bonds is 6. The second kappa shape index (κ2) is 7.65. The zero-order valence-corrected chi connectivity index (χ0v) is 11.1. The zero-order valence-electron chi connectivity index (χ0n) is 11.1. The van der Waals surface area contributed by atoms with Gasteiger partial charge in [0.2, 0.25) is 0 Å². The molecule has 0 atom stereocenters. The Balaban J connectivity index is 1.82. The Morgan fingerprint density at radius 2 is 2.21 bits per heavy atom. The molecule has 1 heterocycles. The number of unbranched alkanes of at least 4 members (excludes halogenated alkanes) is 1. The SMILES string of the molecule is N#CCCCOc1cccc(NC2CCOCC2)c1. The summed E-state index contributed by atoms with van der Waals surface area (Å²) >= 11 is 0. The van der Waals surface area contributed by atoms with E-state index in [1.54, 1.807) is 0 Å². The third-order valence-corrected chi connectivity index (χ3v) is 3.13. The van der Waals surface area contributed by atoms with Crippen molar-refractivity contribution in [3.63, 3.8) is 0 Å². The molecule has 1 saturated heterocycles. The topological polar surface area (TPSA) is 54.3 Å². The standard InChI is InChI=1S/C15H20N2O2/c16-8-1-2-9-19-15-5-3-4-14(12-15)17-13-6-10-18-11-7-13/h3-5,12-13,17H,1-2,6-7,9-11H2. The van der Waals surface area contributed by atoms with Gasteiger partial charge >= 0.3 is 0 Å². The summed E-state index contributed by atoms with van der Waals surface area (Å²) < 4.78 is 11.0. The van der Waals surface area contributed by atoms with Crippen LogP contribution in [0.25, 0.3) is 0 Å². The molecular weight excluding hydrogens is 240 g/mol. The molecule has 0 aliphatic carbocycles. The maximum atomic E-state index is 8.46. The predicted octanol–water partition coefficient (Wildman–Crippen LogP) is 2.96. The molecule has 1 aromatic carbocycles. The van der Waals surface area contributed by atoms with Crippen LogP contribution in [-0.2, 0) is 4.74 Å². The molecule has 2 rings (SSSR count). The fourth-order valence-corrected chi connectivity index (χ4v) is 2.09. The van der Waals surface area contributed by atoms with Gasteiger partial charge in [0.25, 0.3) is 0 Å². The molecule has 1 N–H and O–H groups in total. The van der Waals surface area contributed by atoms with Crippen molar-refractivity contribution in [3.8, 4) is 11.8 Å². The van der Waals surface area contributed by atoms with Gasteiger partial charge in [-0.25, -0.2) is 0 Å². The van der Waals surface area contributed by atoms with Crippen LogP contribution in [-0.4, -0.2) is 25.9 Å². The molecule has 19 heavy (non-hydrogen) atoms. The van der Waals surface area contributed by atoms with E-state index in [4.69, 9.17) is 14.7 Å². The fraction of sp³-hybridized carbons (Fsp3) is 0.533. The Labute approximate surface area is 114 Å². The maximum Gasteiger partial charge on any atom is 0.121 e. The van der Waals surface area contributed by atoms with Crippen LogP contribution < -0.4 is 10.1 Å². The van der Waals surface area contributed by atoms with Gasteiger partial charge in [0.15, 0.2) is 0 Å². The van der Waals surface area contributed by atoms with Gasteiger partial charge in [0.1, 0.15) is 5.75 Å². The summed E-state index contributed by atoms with van der Waals surface area (Å²) in [7, 11) is 0. The van der Waals surface area contributed by atoms with E-state index in [0.717, 1.165) is 43.9 Å². The van der Waals surface area contributed by atoms with Crippen LogP contribution in [0.15, 0.2) is 24.3 Å². The number of anilines is 1. The molecule has 0 bridgehead atoms. The van der Waals surface area contributed by atoms with Crippen molar-refractivity contribution >= 4 is 5.69 Å². The monoisotopic (exact) mass is 260 g/mol. The Bertz CT molecular complexity index is 422. The van der Waals surface area contributed by atoms with Crippen LogP contribution in [0, 0.1) is 11.3 Å². The second-order valence-corrected chi connectivity index (χ2v) is 4.67. The minimum absolute atomic E-state index is 0.489. The van der Waals surface area contributed by atoms with Gasteiger partial charge < -0.3 is 14.8 Å². The van der Waals surface area contributed by atoms with E-state index in [1.807, 2.05) is 18.2 Å². The lowest BCUT2D eigenvalue weighted by molar-refractivity contribution is 0.0904. The van der Waals surface area contributed by atoms with E-state index >= 15 is 0 Å². The first-order chi connectivity index (χ1) is 9.38. The van der Waals surface area contributed by atoms with E-state index in [0.29, 0.717) is 19.1 Å². The molecule has 0 amide bonds. The quantitative estimate of drug-likeness (QED) is 0.799. The Morgan fingerprint density at radius 1 is 1.37 bits per heavy atom. The lowest BCUT2D eigenvalue weighted by Gasteiger charge is -2.24. The average molecular weight is 260 g/mol. The number of ether oxygens (including phenoxy) is 2. The minimum atomic E-state index is 0.489. The minimum Gasteiger partial charge on any atom is -0.493 e. The summed E-state index contributed by atoms with van der Waals surface area (Å²) in [5.74, 6) is 0.856. The van der Waals surface area contributed by atoms with Crippen molar-refractivity contribution in [2.75, 3.05) is 25.1 Å². The fourth-order valence-electron chi connectivity index (χ4n) is 2.09. The van der Waals surface area contributed by atoms with E-state index in [1.165, 1.54) is 0 Å². The zero-order chi connectivity index (χ0) is 13.3. The van der Waals surface area contributed by atoms with E-state index in [2.05, 4.69) is 17.5 Å². The largest absolute Gasteiger partial charge is 0.493 e. The summed E-state index contributed by atoms with van der Waals surface area (Å²) in [4.78, 5) is 0.